The van der Waals surface area contributed by atoms with E-state index >= 15 is 0 Å². The minimum atomic E-state index is 0.111. The Morgan fingerprint density at radius 2 is 2.32 bits per heavy atom. The Morgan fingerprint density at radius 1 is 1.44 bits per heavy atom. The van der Waals surface area contributed by atoms with Gasteiger partial charge in [-0.25, -0.2) is 4.98 Å². The fraction of sp³-hybridized carbons (Fsp3) is 0.500. The van der Waals surface area contributed by atoms with Crippen molar-refractivity contribution in [2.45, 2.75) is 51.5 Å². The molecule has 0 N–H and O–H groups in total. The fourth-order valence-electron chi connectivity index (χ4n) is 3.49. The van der Waals surface area contributed by atoms with Gasteiger partial charge in [-0.15, -0.1) is 11.3 Å². The molecule has 3 rings (SSSR count). The topological polar surface area (TPSA) is 42.4 Å². The molecule has 0 saturated carbocycles. The number of likely N-dealkylation sites (tertiary alicyclic amines) is 1. The predicted octanol–water partition coefficient (Wildman–Crippen LogP) is 4.34. The van der Waals surface area contributed by atoms with Crippen LogP contribution in [0.3, 0.4) is 0 Å². The second-order valence-electron chi connectivity index (χ2n) is 6.55. The van der Waals surface area contributed by atoms with Gasteiger partial charge in [0.05, 0.1) is 12.1 Å². The zero-order chi connectivity index (χ0) is 17.6. The third-order valence-electron chi connectivity index (χ3n) is 4.87. The number of nitrogens with zero attached hydrogens (tertiary/aromatic N) is 2. The summed E-state index contributed by atoms with van der Waals surface area (Å²) in [6, 6.07) is 6.17. The molecule has 134 valence electrons. The molecule has 1 unspecified atom stereocenters. The van der Waals surface area contributed by atoms with Gasteiger partial charge in [0.15, 0.2) is 0 Å². The average molecular weight is 359 g/mol. The van der Waals surface area contributed by atoms with E-state index in [0.717, 1.165) is 61.4 Å². The van der Waals surface area contributed by atoms with E-state index in [1.165, 1.54) is 5.56 Å². The molecule has 0 spiro atoms. The van der Waals surface area contributed by atoms with E-state index < -0.39 is 0 Å². The molecule has 0 aliphatic carbocycles. The van der Waals surface area contributed by atoms with Crippen molar-refractivity contribution >= 4 is 17.2 Å². The predicted molar refractivity (Wildman–Crippen MR) is 101 cm³/mol. The number of carbonyl (C=O) groups is 1. The smallest absolute Gasteiger partial charge is 0.254 e. The summed E-state index contributed by atoms with van der Waals surface area (Å²) in [5.41, 5.74) is 1.91. The fourth-order valence-corrected chi connectivity index (χ4v) is 4.18. The largest absolute Gasteiger partial charge is 0.496 e. The first-order chi connectivity index (χ1) is 12.2. The number of ether oxygens (including phenoxy) is 1. The Labute approximate surface area is 153 Å². The molecule has 1 amide bonds. The molecule has 0 radical (unpaired) electrons. The number of benzene rings is 1. The summed E-state index contributed by atoms with van der Waals surface area (Å²) >= 11 is 1.67. The van der Waals surface area contributed by atoms with Crippen LogP contribution < -0.4 is 4.74 Å². The van der Waals surface area contributed by atoms with E-state index in [1.807, 2.05) is 34.7 Å². The highest BCUT2D eigenvalue weighted by Gasteiger charge is 2.30. The van der Waals surface area contributed by atoms with Gasteiger partial charge >= 0.3 is 0 Å². The number of unbranched alkanes of at least 4 members (excludes halogenated alkanes) is 1. The van der Waals surface area contributed by atoms with Crippen LogP contribution >= 0.6 is 11.3 Å². The lowest BCUT2D eigenvalue weighted by Crippen LogP contribution is -2.36. The minimum Gasteiger partial charge on any atom is -0.496 e. The summed E-state index contributed by atoms with van der Waals surface area (Å²) < 4.78 is 5.53. The first-order valence-electron chi connectivity index (χ1n) is 9.09. The number of hydrogen-bond acceptors (Lipinski definition) is 4. The molecule has 1 atom stereocenters. The highest BCUT2D eigenvalue weighted by molar-refractivity contribution is 7.09. The molecular weight excluding hydrogens is 332 g/mol. The number of carbonyl (C=O) groups excluding carboxylic acids is 1. The van der Waals surface area contributed by atoms with Crippen molar-refractivity contribution in [1.29, 1.82) is 0 Å². The molecule has 1 aromatic heterocycles. The third kappa shape index (κ3) is 4.21. The Hall–Kier alpha value is -1.88. The summed E-state index contributed by atoms with van der Waals surface area (Å²) in [6.07, 6.45) is 8.08. The van der Waals surface area contributed by atoms with Crippen LogP contribution in [0.5, 0.6) is 5.75 Å². The van der Waals surface area contributed by atoms with Crippen molar-refractivity contribution in [3.05, 3.63) is 45.9 Å². The van der Waals surface area contributed by atoms with E-state index in [0.29, 0.717) is 0 Å². The summed E-state index contributed by atoms with van der Waals surface area (Å²) in [5.74, 6) is 0.939. The van der Waals surface area contributed by atoms with Crippen molar-refractivity contribution in [3.63, 3.8) is 0 Å². The van der Waals surface area contributed by atoms with Crippen molar-refractivity contribution in [2.75, 3.05) is 13.7 Å². The van der Waals surface area contributed by atoms with Gasteiger partial charge in [-0.3, -0.25) is 4.79 Å². The number of aromatic nitrogens is 1. The van der Waals surface area contributed by atoms with Gasteiger partial charge in [0.25, 0.3) is 5.91 Å². The lowest BCUT2D eigenvalue weighted by atomic mass is 10.0. The highest BCUT2D eigenvalue weighted by Crippen LogP contribution is 2.27. The Balaban J connectivity index is 1.75. The van der Waals surface area contributed by atoms with E-state index in [-0.39, 0.29) is 11.9 Å². The lowest BCUT2D eigenvalue weighted by molar-refractivity contribution is 0.0736. The van der Waals surface area contributed by atoms with Crippen molar-refractivity contribution < 1.29 is 9.53 Å². The zero-order valence-electron chi connectivity index (χ0n) is 15.0. The second-order valence-corrected chi connectivity index (χ2v) is 7.53. The van der Waals surface area contributed by atoms with Crippen LogP contribution in [0.4, 0.5) is 0 Å². The maximum absolute atomic E-state index is 13.0. The highest BCUT2D eigenvalue weighted by atomic mass is 32.1. The Morgan fingerprint density at radius 3 is 3.04 bits per heavy atom. The molecular formula is C20H26N2O2S. The third-order valence-corrected chi connectivity index (χ3v) is 5.67. The quantitative estimate of drug-likeness (QED) is 0.739. The van der Waals surface area contributed by atoms with Crippen molar-refractivity contribution in [2.24, 2.45) is 0 Å². The molecule has 0 bridgehead atoms. The van der Waals surface area contributed by atoms with Gasteiger partial charge in [0, 0.05) is 36.1 Å². The van der Waals surface area contributed by atoms with Gasteiger partial charge in [0.1, 0.15) is 5.75 Å². The molecule has 5 heteroatoms. The summed E-state index contributed by atoms with van der Waals surface area (Å²) in [6.45, 7) is 3.01. The van der Waals surface area contributed by atoms with E-state index in [9.17, 15) is 4.79 Å². The van der Waals surface area contributed by atoms with Gasteiger partial charge in [-0.2, -0.15) is 0 Å². The SMILES string of the molecule is CCCCc1ccc(C(=O)N2CCCC2Cc2nccs2)cc1OC. The number of rotatable bonds is 7. The summed E-state index contributed by atoms with van der Waals surface area (Å²) in [5, 5.41) is 3.10. The first kappa shape index (κ1) is 17.9. The number of amides is 1. The van der Waals surface area contributed by atoms with Crippen LogP contribution in [0.25, 0.3) is 0 Å². The monoisotopic (exact) mass is 358 g/mol. The maximum atomic E-state index is 13.0. The normalized spacial score (nSPS) is 17.0. The van der Waals surface area contributed by atoms with E-state index in [4.69, 9.17) is 4.74 Å². The number of hydrogen-bond donors (Lipinski definition) is 0. The minimum absolute atomic E-state index is 0.111. The molecule has 1 aliphatic rings. The van der Waals surface area contributed by atoms with Gasteiger partial charge in [0.2, 0.25) is 0 Å². The number of thiazole rings is 1. The van der Waals surface area contributed by atoms with Crippen LogP contribution in [0.2, 0.25) is 0 Å². The second kappa shape index (κ2) is 8.48. The van der Waals surface area contributed by atoms with Crippen LogP contribution in [-0.4, -0.2) is 35.5 Å². The number of methoxy groups -OCH3 is 1. The van der Waals surface area contributed by atoms with Crippen LogP contribution in [-0.2, 0) is 12.8 Å². The Kier molecular flexibility index (Phi) is 6.08. The molecule has 1 saturated heterocycles. The Bertz CT molecular complexity index is 700. The first-order valence-corrected chi connectivity index (χ1v) is 9.97. The molecule has 4 nitrogen and oxygen atoms in total. The maximum Gasteiger partial charge on any atom is 0.254 e. The molecule has 2 aromatic rings. The summed E-state index contributed by atoms with van der Waals surface area (Å²) in [4.78, 5) is 19.4. The van der Waals surface area contributed by atoms with Crippen molar-refractivity contribution in [1.82, 2.24) is 9.88 Å². The molecule has 2 heterocycles. The van der Waals surface area contributed by atoms with E-state index in [1.54, 1.807) is 18.4 Å². The van der Waals surface area contributed by atoms with Crippen LogP contribution in [0.15, 0.2) is 29.8 Å². The summed E-state index contributed by atoms with van der Waals surface area (Å²) in [7, 11) is 1.68. The van der Waals surface area contributed by atoms with Crippen molar-refractivity contribution in [3.8, 4) is 5.75 Å². The van der Waals surface area contributed by atoms with Gasteiger partial charge < -0.3 is 9.64 Å². The van der Waals surface area contributed by atoms with Gasteiger partial charge in [-0.1, -0.05) is 19.4 Å². The standard InChI is InChI=1S/C20H26N2O2S/c1-3-4-6-15-8-9-16(13-18(15)24-2)20(23)22-11-5-7-17(22)14-19-21-10-12-25-19/h8-10,12-13,17H,3-7,11,14H2,1-2H3. The lowest BCUT2D eigenvalue weighted by Gasteiger charge is -2.24. The van der Waals surface area contributed by atoms with Crippen LogP contribution in [0.1, 0.15) is 53.5 Å². The van der Waals surface area contributed by atoms with Crippen LogP contribution in [0, 0.1) is 0 Å². The van der Waals surface area contributed by atoms with Gasteiger partial charge in [-0.05, 0) is 43.4 Å². The average Bonchev–Trinajstić information content (AvgIpc) is 3.31. The molecule has 1 fully saturated rings. The van der Waals surface area contributed by atoms with E-state index in [2.05, 4.69) is 11.9 Å². The zero-order valence-corrected chi connectivity index (χ0v) is 15.8. The number of aryl methyl sites for hydroxylation is 1. The molecule has 1 aliphatic heterocycles. The molecule has 25 heavy (non-hydrogen) atoms. The molecule has 1 aromatic carbocycles.